The highest BCUT2D eigenvalue weighted by Gasteiger charge is 2.26. The van der Waals surface area contributed by atoms with E-state index in [1.807, 2.05) is 0 Å². The third kappa shape index (κ3) is 6.51. The molecular weight excluding hydrogens is 371 g/mol. The van der Waals surface area contributed by atoms with E-state index in [0.717, 1.165) is 57.4 Å². The number of likely N-dealkylation sites (N-methyl/N-ethyl adjacent to an activating group) is 1. The van der Waals surface area contributed by atoms with Crippen molar-refractivity contribution in [2.75, 3.05) is 39.8 Å². The lowest BCUT2D eigenvalue weighted by atomic mass is 10.0. The van der Waals surface area contributed by atoms with Gasteiger partial charge in [0, 0.05) is 38.8 Å². The van der Waals surface area contributed by atoms with E-state index in [1.165, 1.54) is 25.0 Å². The Morgan fingerprint density at radius 3 is 2.24 bits per heavy atom. The SMILES string of the molecule is CN1CCN([C@@H](CNC(=O)C(=O)NC2CCCCCC2)c2ccc(F)cc2)CC1. The van der Waals surface area contributed by atoms with Gasteiger partial charge in [0.05, 0.1) is 6.04 Å². The van der Waals surface area contributed by atoms with Gasteiger partial charge in [-0.1, -0.05) is 37.8 Å². The Hall–Kier alpha value is -1.99. The van der Waals surface area contributed by atoms with Crippen molar-refractivity contribution in [2.24, 2.45) is 0 Å². The lowest BCUT2D eigenvalue weighted by Gasteiger charge is -2.38. The lowest BCUT2D eigenvalue weighted by Crippen LogP contribution is -2.50. The van der Waals surface area contributed by atoms with Gasteiger partial charge in [0.1, 0.15) is 5.82 Å². The summed E-state index contributed by atoms with van der Waals surface area (Å²) in [5.74, 6) is -1.42. The summed E-state index contributed by atoms with van der Waals surface area (Å²) in [4.78, 5) is 29.3. The van der Waals surface area contributed by atoms with Crippen molar-refractivity contribution < 1.29 is 14.0 Å². The molecule has 1 aliphatic carbocycles. The van der Waals surface area contributed by atoms with E-state index in [4.69, 9.17) is 0 Å². The maximum atomic E-state index is 13.4. The summed E-state index contributed by atoms with van der Waals surface area (Å²) in [5, 5.41) is 5.70. The number of rotatable bonds is 5. The highest BCUT2D eigenvalue weighted by Crippen LogP contribution is 2.22. The van der Waals surface area contributed by atoms with Gasteiger partial charge >= 0.3 is 11.8 Å². The number of nitrogens with zero attached hydrogens (tertiary/aromatic N) is 2. The second-order valence-electron chi connectivity index (χ2n) is 8.28. The fraction of sp³-hybridized carbons (Fsp3) is 0.636. The molecule has 1 atom stereocenters. The average molecular weight is 405 g/mol. The molecule has 7 heteroatoms. The van der Waals surface area contributed by atoms with Crippen LogP contribution in [0, 0.1) is 5.82 Å². The van der Waals surface area contributed by atoms with Crippen LogP contribution in [0.1, 0.15) is 50.1 Å². The van der Waals surface area contributed by atoms with E-state index in [9.17, 15) is 14.0 Å². The van der Waals surface area contributed by atoms with Crippen LogP contribution in [-0.4, -0.2) is 67.4 Å². The van der Waals surface area contributed by atoms with Gasteiger partial charge in [0.25, 0.3) is 0 Å². The number of nitrogens with one attached hydrogen (secondary N) is 2. The first-order valence-electron chi connectivity index (χ1n) is 10.8. The number of carbonyl (C=O) groups excluding carboxylic acids is 2. The summed E-state index contributed by atoms with van der Waals surface area (Å²) < 4.78 is 13.4. The maximum Gasteiger partial charge on any atom is 0.309 e. The number of hydrogen-bond acceptors (Lipinski definition) is 4. The van der Waals surface area contributed by atoms with E-state index >= 15 is 0 Å². The second kappa shape index (κ2) is 10.7. The average Bonchev–Trinajstić information content (AvgIpc) is 2.99. The third-order valence-corrected chi connectivity index (χ3v) is 6.09. The number of halogens is 1. The molecular formula is C22H33FN4O2. The number of amides is 2. The summed E-state index contributed by atoms with van der Waals surface area (Å²) in [6, 6.07) is 6.42. The number of piperazine rings is 1. The fourth-order valence-electron chi connectivity index (χ4n) is 4.22. The number of hydrogen-bond donors (Lipinski definition) is 2. The molecule has 1 saturated heterocycles. The minimum atomic E-state index is -0.588. The molecule has 1 aliphatic heterocycles. The number of carbonyl (C=O) groups is 2. The summed E-state index contributed by atoms with van der Waals surface area (Å²) in [7, 11) is 2.09. The molecule has 1 saturated carbocycles. The maximum absolute atomic E-state index is 13.4. The van der Waals surface area contributed by atoms with Crippen molar-refractivity contribution in [3.8, 4) is 0 Å². The first-order valence-corrected chi connectivity index (χ1v) is 10.8. The zero-order chi connectivity index (χ0) is 20.6. The van der Waals surface area contributed by atoms with E-state index in [2.05, 4.69) is 27.5 Å². The van der Waals surface area contributed by atoms with Crippen LogP contribution in [0.25, 0.3) is 0 Å². The zero-order valence-electron chi connectivity index (χ0n) is 17.3. The molecule has 0 aromatic heterocycles. The van der Waals surface area contributed by atoms with Crippen LogP contribution in [0.3, 0.4) is 0 Å². The number of benzene rings is 1. The van der Waals surface area contributed by atoms with Gasteiger partial charge in [-0.25, -0.2) is 4.39 Å². The largest absolute Gasteiger partial charge is 0.346 e. The summed E-state index contributed by atoms with van der Waals surface area (Å²) in [6.07, 6.45) is 6.48. The van der Waals surface area contributed by atoms with Crippen LogP contribution in [0.15, 0.2) is 24.3 Å². The molecule has 2 aliphatic rings. The van der Waals surface area contributed by atoms with Gasteiger partial charge in [0.2, 0.25) is 0 Å². The van der Waals surface area contributed by atoms with Crippen molar-refractivity contribution in [3.63, 3.8) is 0 Å². The molecule has 2 fully saturated rings. The Balaban J connectivity index is 1.58. The van der Waals surface area contributed by atoms with Gasteiger partial charge in [-0.3, -0.25) is 14.5 Å². The molecule has 160 valence electrons. The monoisotopic (exact) mass is 404 g/mol. The van der Waals surface area contributed by atoms with Crippen molar-refractivity contribution in [3.05, 3.63) is 35.6 Å². The Morgan fingerprint density at radius 2 is 1.62 bits per heavy atom. The quantitative estimate of drug-likeness (QED) is 0.583. The molecule has 2 amide bonds. The highest BCUT2D eigenvalue weighted by atomic mass is 19.1. The molecule has 0 unspecified atom stereocenters. The van der Waals surface area contributed by atoms with Crippen LogP contribution in [0.2, 0.25) is 0 Å². The lowest BCUT2D eigenvalue weighted by molar-refractivity contribution is -0.139. The first kappa shape index (κ1) is 21.7. The summed E-state index contributed by atoms with van der Waals surface area (Å²) >= 11 is 0. The fourth-order valence-corrected chi connectivity index (χ4v) is 4.22. The van der Waals surface area contributed by atoms with Crippen LogP contribution in [0.5, 0.6) is 0 Å². The van der Waals surface area contributed by atoms with Gasteiger partial charge in [-0.15, -0.1) is 0 Å². The van der Waals surface area contributed by atoms with Crippen molar-refractivity contribution in [2.45, 2.75) is 50.6 Å². The van der Waals surface area contributed by atoms with Crippen molar-refractivity contribution in [1.82, 2.24) is 20.4 Å². The molecule has 1 heterocycles. The topological polar surface area (TPSA) is 64.7 Å². The van der Waals surface area contributed by atoms with Crippen LogP contribution < -0.4 is 10.6 Å². The molecule has 0 radical (unpaired) electrons. The summed E-state index contributed by atoms with van der Waals surface area (Å²) in [5.41, 5.74) is 0.945. The smallest absolute Gasteiger partial charge is 0.309 e. The van der Waals surface area contributed by atoms with Crippen LogP contribution in [0.4, 0.5) is 4.39 Å². The molecule has 6 nitrogen and oxygen atoms in total. The van der Waals surface area contributed by atoms with E-state index in [0.29, 0.717) is 6.54 Å². The second-order valence-corrected chi connectivity index (χ2v) is 8.28. The van der Waals surface area contributed by atoms with Gasteiger partial charge in [0.15, 0.2) is 0 Å². The van der Waals surface area contributed by atoms with E-state index < -0.39 is 11.8 Å². The van der Waals surface area contributed by atoms with Gasteiger partial charge in [-0.05, 0) is 37.6 Å². The van der Waals surface area contributed by atoms with E-state index in [-0.39, 0.29) is 17.9 Å². The Kier molecular flexibility index (Phi) is 8.00. The van der Waals surface area contributed by atoms with Gasteiger partial charge in [-0.2, -0.15) is 0 Å². The molecule has 2 N–H and O–H groups in total. The van der Waals surface area contributed by atoms with E-state index in [1.54, 1.807) is 12.1 Å². The van der Waals surface area contributed by atoms with Crippen molar-refractivity contribution in [1.29, 1.82) is 0 Å². The molecule has 0 spiro atoms. The predicted molar refractivity (Wildman–Crippen MR) is 111 cm³/mol. The highest BCUT2D eigenvalue weighted by molar-refractivity contribution is 6.35. The Morgan fingerprint density at radius 1 is 1.00 bits per heavy atom. The van der Waals surface area contributed by atoms with Crippen molar-refractivity contribution >= 4 is 11.8 Å². The molecule has 1 aromatic rings. The predicted octanol–water partition coefficient (Wildman–Crippen LogP) is 2.07. The molecule has 29 heavy (non-hydrogen) atoms. The molecule has 3 rings (SSSR count). The Labute approximate surface area is 172 Å². The minimum Gasteiger partial charge on any atom is -0.346 e. The van der Waals surface area contributed by atoms with Gasteiger partial charge < -0.3 is 15.5 Å². The van der Waals surface area contributed by atoms with Crippen LogP contribution >= 0.6 is 0 Å². The zero-order valence-corrected chi connectivity index (χ0v) is 17.3. The third-order valence-electron chi connectivity index (χ3n) is 6.09. The minimum absolute atomic E-state index is 0.0843. The van der Waals surface area contributed by atoms with Crippen LogP contribution in [-0.2, 0) is 9.59 Å². The summed E-state index contributed by atoms with van der Waals surface area (Å²) in [6.45, 7) is 3.93. The first-order chi connectivity index (χ1) is 14.0. The Bertz CT molecular complexity index is 666. The normalized spacial score (nSPS) is 20.6. The molecule has 0 bridgehead atoms. The molecule has 1 aromatic carbocycles. The standard InChI is InChI=1S/C22H33FN4O2/c1-26-12-14-27(15-13-26)20(17-8-10-18(23)11-9-17)16-24-21(28)22(29)25-19-6-4-2-3-5-7-19/h8-11,19-20H,2-7,12-16H2,1H3,(H,24,28)(H,25,29)/t20-/m0/s1.